The first-order valence-electron chi connectivity index (χ1n) is 6.64. The molecule has 1 atom stereocenters. The summed E-state index contributed by atoms with van der Waals surface area (Å²) in [5.41, 5.74) is 0. The standard InChI is InChI=1S/C13H19N3O2/c1-15-7-6-14-12(15)9-16(10-4-5-10)13(17)11-3-2-8-18-11/h6-7,10-11H,2-5,8-9H2,1H3/t11-/m0/s1. The van der Waals surface area contributed by atoms with Crippen LogP contribution >= 0.6 is 0 Å². The number of amides is 1. The van der Waals surface area contributed by atoms with E-state index >= 15 is 0 Å². The summed E-state index contributed by atoms with van der Waals surface area (Å²) in [5, 5.41) is 0. The average Bonchev–Trinajstić information content (AvgIpc) is 2.90. The van der Waals surface area contributed by atoms with Crippen LogP contribution in [0.1, 0.15) is 31.5 Å². The lowest BCUT2D eigenvalue weighted by molar-refractivity contribution is -0.142. The second-order valence-corrected chi connectivity index (χ2v) is 5.15. The Morgan fingerprint density at radius 2 is 2.39 bits per heavy atom. The van der Waals surface area contributed by atoms with Crippen LogP contribution in [0.5, 0.6) is 0 Å². The van der Waals surface area contributed by atoms with Gasteiger partial charge in [0.15, 0.2) is 0 Å². The number of aromatic nitrogens is 2. The molecule has 1 aromatic rings. The van der Waals surface area contributed by atoms with E-state index in [1.165, 1.54) is 0 Å². The molecule has 0 N–H and O–H groups in total. The highest BCUT2D eigenvalue weighted by molar-refractivity contribution is 5.81. The van der Waals surface area contributed by atoms with E-state index in [1.807, 2.05) is 22.7 Å². The Hall–Kier alpha value is -1.36. The smallest absolute Gasteiger partial charge is 0.252 e. The lowest BCUT2D eigenvalue weighted by Gasteiger charge is -2.24. The molecule has 0 bridgehead atoms. The van der Waals surface area contributed by atoms with Crippen LogP contribution in [-0.2, 0) is 23.1 Å². The molecule has 1 saturated heterocycles. The van der Waals surface area contributed by atoms with Crippen molar-refractivity contribution in [2.75, 3.05) is 6.61 Å². The van der Waals surface area contributed by atoms with Gasteiger partial charge in [-0.2, -0.15) is 0 Å². The van der Waals surface area contributed by atoms with Crippen molar-refractivity contribution in [1.82, 2.24) is 14.5 Å². The Bertz CT molecular complexity index is 433. The van der Waals surface area contributed by atoms with E-state index < -0.39 is 0 Å². The van der Waals surface area contributed by atoms with Gasteiger partial charge >= 0.3 is 0 Å². The number of imidazole rings is 1. The van der Waals surface area contributed by atoms with Crippen molar-refractivity contribution < 1.29 is 9.53 Å². The van der Waals surface area contributed by atoms with Gasteiger partial charge in [0.25, 0.3) is 5.91 Å². The second-order valence-electron chi connectivity index (χ2n) is 5.15. The van der Waals surface area contributed by atoms with Crippen LogP contribution in [0.3, 0.4) is 0 Å². The SMILES string of the molecule is Cn1ccnc1CN(C(=O)[C@@H]1CCCO1)C1CC1. The van der Waals surface area contributed by atoms with Crippen LogP contribution in [0.25, 0.3) is 0 Å². The zero-order valence-corrected chi connectivity index (χ0v) is 10.7. The molecule has 5 heteroatoms. The Balaban J connectivity index is 1.72. The number of aryl methyl sites for hydroxylation is 1. The van der Waals surface area contributed by atoms with Crippen LogP contribution in [0.4, 0.5) is 0 Å². The minimum Gasteiger partial charge on any atom is -0.368 e. The van der Waals surface area contributed by atoms with E-state index in [0.29, 0.717) is 12.6 Å². The highest BCUT2D eigenvalue weighted by atomic mass is 16.5. The van der Waals surface area contributed by atoms with E-state index in [0.717, 1.165) is 38.1 Å². The molecule has 2 aliphatic rings. The van der Waals surface area contributed by atoms with Crippen LogP contribution in [0.2, 0.25) is 0 Å². The number of nitrogens with zero attached hydrogens (tertiary/aromatic N) is 3. The predicted octanol–water partition coefficient (Wildman–Crippen LogP) is 1.09. The molecule has 2 heterocycles. The van der Waals surface area contributed by atoms with Crippen molar-refractivity contribution in [1.29, 1.82) is 0 Å². The van der Waals surface area contributed by atoms with E-state index in [4.69, 9.17) is 4.74 Å². The molecule has 18 heavy (non-hydrogen) atoms. The van der Waals surface area contributed by atoms with Gasteiger partial charge in [0.2, 0.25) is 0 Å². The summed E-state index contributed by atoms with van der Waals surface area (Å²) in [6.07, 6.45) is 7.56. The topological polar surface area (TPSA) is 47.4 Å². The largest absolute Gasteiger partial charge is 0.368 e. The van der Waals surface area contributed by atoms with E-state index in [-0.39, 0.29) is 12.0 Å². The molecule has 3 rings (SSSR count). The first kappa shape index (κ1) is 11.7. The van der Waals surface area contributed by atoms with Crippen molar-refractivity contribution >= 4 is 5.91 Å². The number of hydrogen-bond donors (Lipinski definition) is 0. The lowest BCUT2D eigenvalue weighted by atomic mass is 10.2. The predicted molar refractivity (Wildman–Crippen MR) is 65.8 cm³/mol. The molecule has 98 valence electrons. The molecule has 5 nitrogen and oxygen atoms in total. The summed E-state index contributed by atoms with van der Waals surface area (Å²) in [4.78, 5) is 18.7. The molecule has 0 unspecified atom stereocenters. The van der Waals surface area contributed by atoms with Gasteiger partial charge in [-0.1, -0.05) is 0 Å². The summed E-state index contributed by atoms with van der Waals surface area (Å²) >= 11 is 0. The Labute approximate surface area is 107 Å². The maximum absolute atomic E-state index is 12.4. The number of carbonyl (C=O) groups is 1. The maximum atomic E-state index is 12.4. The maximum Gasteiger partial charge on any atom is 0.252 e. The molecular formula is C13H19N3O2. The van der Waals surface area contributed by atoms with Crippen molar-refractivity contribution in [2.24, 2.45) is 7.05 Å². The lowest BCUT2D eigenvalue weighted by Crippen LogP contribution is -2.40. The van der Waals surface area contributed by atoms with Crippen LogP contribution in [0.15, 0.2) is 12.4 Å². The quantitative estimate of drug-likeness (QED) is 0.802. The first-order chi connectivity index (χ1) is 8.75. The average molecular weight is 249 g/mol. The van der Waals surface area contributed by atoms with Gasteiger partial charge in [0.05, 0.1) is 6.54 Å². The van der Waals surface area contributed by atoms with E-state index in [2.05, 4.69) is 4.98 Å². The van der Waals surface area contributed by atoms with Crippen LogP contribution < -0.4 is 0 Å². The van der Waals surface area contributed by atoms with Crippen molar-refractivity contribution in [3.05, 3.63) is 18.2 Å². The van der Waals surface area contributed by atoms with Crippen LogP contribution in [-0.4, -0.2) is 39.1 Å². The molecule has 1 saturated carbocycles. The molecule has 0 spiro atoms. The first-order valence-corrected chi connectivity index (χ1v) is 6.64. The fourth-order valence-corrected chi connectivity index (χ4v) is 2.43. The zero-order chi connectivity index (χ0) is 12.5. The van der Waals surface area contributed by atoms with Gasteiger partial charge in [-0.3, -0.25) is 4.79 Å². The van der Waals surface area contributed by atoms with Gasteiger partial charge in [-0.15, -0.1) is 0 Å². The Kier molecular flexibility index (Phi) is 3.07. The molecule has 1 aliphatic carbocycles. The molecule has 1 aliphatic heterocycles. The number of rotatable bonds is 4. The van der Waals surface area contributed by atoms with Crippen LogP contribution in [0, 0.1) is 0 Å². The number of hydrogen-bond acceptors (Lipinski definition) is 3. The Morgan fingerprint density at radius 1 is 1.56 bits per heavy atom. The third kappa shape index (κ3) is 2.27. The molecule has 0 radical (unpaired) electrons. The number of carbonyl (C=O) groups excluding carboxylic acids is 1. The summed E-state index contributed by atoms with van der Waals surface area (Å²) in [5.74, 6) is 1.09. The minimum atomic E-state index is -0.217. The normalized spacial score (nSPS) is 23.3. The highest BCUT2D eigenvalue weighted by Crippen LogP contribution is 2.30. The number of ether oxygens (including phenoxy) is 1. The second kappa shape index (κ2) is 4.72. The molecule has 2 fully saturated rings. The van der Waals surface area contributed by atoms with Gasteiger partial charge in [-0.25, -0.2) is 4.98 Å². The zero-order valence-electron chi connectivity index (χ0n) is 10.7. The summed E-state index contributed by atoms with van der Waals surface area (Å²) in [6.45, 7) is 1.32. The third-order valence-corrected chi connectivity index (χ3v) is 3.71. The van der Waals surface area contributed by atoms with Gasteiger partial charge < -0.3 is 14.2 Å². The van der Waals surface area contributed by atoms with Gasteiger partial charge in [0.1, 0.15) is 11.9 Å². The third-order valence-electron chi connectivity index (χ3n) is 3.71. The molecule has 1 aromatic heterocycles. The van der Waals surface area contributed by atoms with Crippen molar-refractivity contribution in [3.8, 4) is 0 Å². The molecule has 0 aromatic carbocycles. The monoisotopic (exact) mass is 249 g/mol. The fourth-order valence-electron chi connectivity index (χ4n) is 2.43. The fraction of sp³-hybridized carbons (Fsp3) is 0.692. The molecule has 1 amide bonds. The molecular weight excluding hydrogens is 230 g/mol. The van der Waals surface area contributed by atoms with Crippen molar-refractivity contribution in [3.63, 3.8) is 0 Å². The Morgan fingerprint density at radius 3 is 2.94 bits per heavy atom. The van der Waals surface area contributed by atoms with Crippen molar-refractivity contribution in [2.45, 2.75) is 44.4 Å². The highest BCUT2D eigenvalue weighted by Gasteiger charge is 2.37. The minimum absolute atomic E-state index is 0.151. The van der Waals surface area contributed by atoms with E-state index in [1.54, 1.807) is 6.20 Å². The van der Waals surface area contributed by atoms with Gasteiger partial charge in [-0.05, 0) is 25.7 Å². The van der Waals surface area contributed by atoms with Gasteiger partial charge in [0, 0.05) is 32.1 Å². The summed E-state index contributed by atoms with van der Waals surface area (Å²) in [6, 6.07) is 0.401. The summed E-state index contributed by atoms with van der Waals surface area (Å²) in [7, 11) is 1.96. The van der Waals surface area contributed by atoms with E-state index in [9.17, 15) is 4.79 Å². The summed E-state index contributed by atoms with van der Waals surface area (Å²) < 4.78 is 7.48.